The maximum absolute atomic E-state index is 13.4. The molecule has 2 N–H and O–H groups in total. The molecule has 0 aromatic heterocycles. The van der Waals surface area contributed by atoms with Gasteiger partial charge in [0, 0.05) is 19.2 Å². The highest BCUT2D eigenvalue weighted by Crippen LogP contribution is 2.39. The van der Waals surface area contributed by atoms with Crippen LogP contribution in [0.5, 0.6) is 0 Å². The van der Waals surface area contributed by atoms with Crippen molar-refractivity contribution in [3.8, 4) is 11.1 Å². The second-order valence-corrected chi connectivity index (χ2v) is 8.37. The predicted octanol–water partition coefficient (Wildman–Crippen LogP) is 3.75. The molecule has 0 fully saturated rings. The van der Waals surface area contributed by atoms with Gasteiger partial charge in [0.1, 0.15) is 12.0 Å². The number of aryl methyl sites for hydroxylation is 1. The van der Waals surface area contributed by atoms with Crippen LogP contribution < -0.4 is 15.5 Å². The Morgan fingerprint density at radius 1 is 0.939 bits per heavy atom. The molecule has 168 valence electrons. The van der Waals surface area contributed by atoms with Crippen LogP contribution >= 0.6 is 0 Å². The highest BCUT2D eigenvalue weighted by molar-refractivity contribution is 6.07. The third-order valence-electron chi connectivity index (χ3n) is 6.03. The molecule has 3 aromatic carbocycles. The number of fused-ring (bicyclic) bond motifs is 3. The Kier molecular flexibility index (Phi) is 6.27. The van der Waals surface area contributed by atoms with Crippen LogP contribution in [0, 0.1) is 12.8 Å². The third kappa shape index (κ3) is 4.51. The maximum atomic E-state index is 13.4. The van der Waals surface area contributed by atoms with Gasteiger partial charge in [-0.15, -0.1) is 0 Å². The topological polar surface area (TPSA) is 78.5 Å². The fraction of sp³-hybridized carbons (Fsp3) is 0.222. The Morgan fingerprint density at radius 2 is 1.64 bits per heavy atom. The summed E-state index contributed by atoms with van der Waals surface area (Å²) in [6.45, 7) is 3.87. The smallest absolute Gasteiger partial charge is 0.253 e. The molecule has 33 heavy (non-hydrogen) atoms. The summed E-state index contributed by atoms with van der Waals surface area (Å²) in [4.78, 5) is 40.6. The number of likely N-dealkylation sites (N-methyl/N-ethyl adjacent to an activating group) is 1. The lowest BCUT2D eigenvalue weighted by Crippen LogP contribution is -2.45. The molecule has 0 radical (unpaired) electrons. The van der Waals surface area contributed by atoms with Crippen molar-refractivity contribution >= 4 is 23.4 Å². The standard InChI is InChI=1S/C27H27N3O3/c1-17-9-8-10-19(15-17)16-28-25(31)18(2)26(32)29-24-22-13-5-4-11-20(22)21-12-6-7-14-23(21)30(3)27(24)33/h4-15,18,24H,16H2,1-3H3,(H,28,31)(H,29,32)/t18-,24+/m0/s1. The van der Waals surface area contributed by atoms with Crippen molar-refractivity contribution in [2.24, 2.45) is 5.92 Å². The third-order valence-corrected chi connectivity index (χ3v) is 6.03. The van der Waals surface area contributed by atoms with Crippen LogP contribution in [-0.2, 0) is 20.9 Å². The number of hydrogen-bond donors (Lipinski definition) is 2. The lowest BCUT2D eigenvalue weighted by molar-refractivity contribution is -0.136. The number of carbonyl (C=O) groups is 3. The molecule has 6 nitrogen and oxygen atoms in total. The summed E-state index contributed by atoms with van der Waals surface area (Å²) in [5, 5.41) is 5.64. The molecule has 3 aromatic rings. The van der Waals surface area contributed by atoms with E-state index in [9.17, 15) is 14.4 Å². The van der Waals surface area contributed by atoms with Gasteiger partial charge in [0.05, 0.1) is 5.69 Å². The van der Waals surface area contributed by atoms with E-state index in [0.717, 1.165) is 27.9 Å². The van der Waals surface area contributed by atoms with Crippen LogP contribution in [0.1, 0.15) is 29.7 Å². The van der Waals surface area contributed by atoms with Gasteiger partial charge < -0.3 is 15.5 Å². The molecule has 0 bridgehead atoms. The van der Waals surface area contributed by atoms with Gasteiger partial charge in [-0.3, -0.25) is 14.4 Å². The molecule has 3 amide bonds. The molecule has 1 aliphatic heterocycles. The summed E-state index contributed by atoms with van der Waals surface area (Å²) in [7, 11) is 1.70. The highest BCUT2D eigenvalue weighted by Gasteiger charge is 2.34. The zero-order valence-electron chi connectivity index (χ0n) is 19.0. The normalized spacial score (nSPS) is 15.7. The molecular formula is C27H27N3O3. The van der Waals surface area contributed by atoms with Gasteiger partial charge in [-0.2, -0.15) is 0 Å². The summed E-state index contributed by atoms with van der Waals surface area (Å²) in [6.07, 6.45) is 0. The van der Waals surface area contributed by atoms with Crippen LogP contribution in [0.15, 0.2) is 72.8 Å². The number of carbonyl (C=O) groups excluding carboxylic acids is 3. The number of para-hydroxylation sites is 1. The van der Waals surface area contributed by atoms with Gasteiger partial charge in [-0.25, -0.2) is 0 Å². The van der Waals surface area contributed by atoms with E-state index in [1.54, 1.807) is 18.9 Å². The number of hydrogen-bond acceptors (Lipinski definition) is 3. The molecule has 1 aliphatic rings. The number of amides is 3. The first-order valence-corrected chi connectivity index (χ1v) is 11.0. The highest BCUT2D eigenvalue weighted by atomic mass is 16.2. The summed E-state index contributed by atoms with van der Waals surface area (Å²) in [5.74, 6) is -2.09. The van der Waals surface area contributed by atoms with Gasteiger partial charge >= 0.3 is 0 Å². The van der Waals surface area contributed by atoms with Crippen molar-refractivity contribution < 1.29 is 14.4 Å². The van der Waals surface area contributed by atoms with Crippen LogP contribution in [0.3, 0.4) is 0 Å². The van der Waals surface area contributed by atoms with Gasteiger partial charge in [-0.05, 0) is 36.6 Å². The van der Waals surface area contributed by atoms with Gasteiger partial charge in [0.15, 0.2) is 0 Å². The van der Waals surface area contributed by atoms with Crippen LogP contribution in [0.25, 0.3) is 11.1 Å². The Hall–Kier alpha value is -3.93. The first kappa shape index (κ1) is 22.3. The van der Waals surface area contributed by atoms with Crippen molar-refractivity contribution in [2.75, 3.05) is 11.9 Å². The number of benzene rings is 3. The van der Waals surface area contributed by atoms with Crippen molar-refractivity contribution in [2.45, 2.75) is 26.4 Å². The second kappa shape index (κ2) is 9.28. The van der Waals surface area contributed by atoms with E-state index in [2.05, 4.69) is 10.6 Å². The van der Waals surface area contributed by atoms with E-state index in [1.807, 2.05) is 79.7 Å². The van der Waals surface area contributed by atoms with E-state index >= 15 is 0 Å². The number of anilines is 1. The summed E-state index contributed by atoms with van der Waals surface area (Å²) in [6, 6.07) is 22.1. The molecule has 6 heteroatoms. The minimum absolute atomic E-state index is 0.256. The van der Waals surface area contributed by atoms with E-state index < -0.39 is 17.9 Å². The van der Waals surface area contributed by atoms with Gasteiger partial charge in [-0.1, -0.05) is 72.3 Å². The zero-order chi connectivity index (χ0) is 23.5. The molecule has 0 saturated heterocycles. The van der Waals surface area contributed by atoms with Crippen molar-refractivity contribution in [1.82, 2.24) is 10.6 Å². The first-order chi connectivity index (χ1) is 15.9. The fourth-order valence-electron chi connectivity index (χ4n) is 4.12. The van der Waals surface area contributed by atoms with E-state index in [0.29, 0.717) is 12.1 Å². The molecule has 0 aliphatic carbocycles. The van der Waals surface area contributed by atoms with Crippen LogP contribution in [-0.4, -0.2) is 24.8 Å². The van der Waals surface area contributed by atoms with Crippen molar-refractivity contribution in [3.05, 3.63) is 89.5 Å². The second-order valence-electron chi connectivity index (χ2n) is 8.37. The van der Waals surface area contributed by atoms with Crippen LogP contribution in [0.4, 0.5) is 5.69 Å². The van der Waals surface area contributed by atoms with E-state index in [1.165, 1.54) is 0 Å². The minimum Gasteiger partial charge on any atom is -0.351 e. The van der Waals surface area contributed by atoms with Crippen molar-refractivity contribution in [3.63, 3.8) is 0 Å². The molecule has 0 unspecified atom stereocenters. The lowest BCUT2D eigenvalue weighted by Gasteiger charge is -2.24. The molecular weight excluding hydrogens is 414 g/mol. The van der Waals surface area contributed by atoms with Crippen molar-refractivity contribution in [1.29, 1.82) is 0 Å². The van der Waals surface area contributed by atoms with Gasteiger partial charge in [0.25, 0.3) is 5.91 Å². The molecule has 0 spiro atoms. The predicted molar refractivity (Wildman–Crippen MR) is 128 cm³/mol. The number of rotatable bonds is 5. The number of nitrogens with one attached hydrogen (secondary N) is 2. The van der Waals surface area contributed by atoms with E-state index in [-0.39, 0.29) is 11.8 Å². The summed E-state index contributed by atoms with van der Waals surface area (Å²) >= 11 is 0. The van der Waals surface area contributed by atoms with E-state index in [4.69, 9.17) is 0 Å². The minimum atomic E-state index is -0.953. The summed E-state index contributed by atoms with van der Waals surface area (Å²) < 4.78 is 0. The molecule has 1 heterocycles. The molecule has 2 atom stereocenters. The summed E-state index contributed by atoms with van der Waals surface area (Å²) in [5.41, 5.74) is 5.35. The monoisotopic (exact) mass is 441 g/mol. The Bertz CT molecular complexity index is 1220. The fourth-order valence-corrected chi connectivity index (χ4v) is 4.12. The number of nitrogens with zero attached hydrogens (tertiary/aromatic N) is 1. The molecule has 0 saturated carbocycles. The lowest BCUT2D eigenvalue weighted by atomic mass is 9.95. The first-order valence-electron chi connectivity index (χ1n) is 11.0. The largest absolute Gasteiger partial charge is 0.351 e. The Morgan fingerprint density at radius 3 is 2.39 bits per heavy atom. The quantitative estimate of drug-likeness (QED) is 0.592. The Balaban J connectivity index is 1.53. The zero-order valence-corrected chi connectivity index (χ0v) is 19.0. The Labute approximate surface area is 193 Å². The van der Waals surface area contributed by atoms with Gasteiger partial charge in [0.2, 0.25) is 11.8 Å². The average molecular weight is 442 g/mol. The SMILES string of the molecule is Cc1cccc(CNC(=O)[C@H](C)C(=O)N[C@H]2C(=O)N(C)c3ccccc3-c3ccccc32)c1. The average Bonchev–Trinajstić information content (AvgIpc) is 2.92. The maximum Gasteiger partial charge on any atom is 0.253 e. The molecule has 4 rings (SSSR count). The van der Waals surface area contributed by atoms with Crippen LogP contribution in [0.2, 0.25) is 0 Å².